The van der Waals surface area contributed by atoms with Crippen molar-refractivity contribution in [3.63, 3.8) is 0 Å². The van der Waals surface area contributed by atoms with E-state index in [1.165, 1.54) is 11.8 Å². The van der Waals surface area contributed by atoms with Crippen LogP contribution in [0.2, 0.25) is 0 Å². The Morgan fingerprint density at radius 3 is 2.74 bits per heavy atom. The number of anilines is 1. The number of methoxy groups -OCH3 is 2. The molecule has 2 rings (SSSR count). The van der Waals surface area contributed by atoms with E-state index in [1.54, 1.807) is 32.4 Å². The smallest absolute Gasteiger partial charge is 0.237 e. The van der Waals surface area contributed by atoms with Gasteiger partial charge in [0.05, 0.1) is 30.9 Å². The van der Waals surface area contributed by atoms with Crippen LogP contribution in [0, 0.1) is 6.92 Å². The molecule has 1 heterocycles. The normalized spacial score (nSPS) is 11.8. The molecule has 6 nitrogen and oxygen atoms in total. The van der Waals surface area contributed by atoms with E-state index >= 15 is 0 Å². The molecular weight excluding hydrogens is 316 g/mol. The van der Waals surface area contributed by atoms with Crippen molar-refractivity contribution in [3.05, 3.63) is 35.7 Å². The topological polar surface area (TPSA) is 73.6 Å². The van der Waals surface area contributed by atoms with Crippen molar-refractivity contribution >= 4 is 23.4 Å². The number of amides is 1. The Labute approximate surface area is 139 Å². The Morgan fingerprint density at radius 1 is 1.35 bits per heavy atom. The van der Waals surface area contributed by atoms with E-state index in [4.69, 9.17) is 14.0 Å². The molecule has 1 N–H and O–H groups in total. The third-order valence-electron chi connectivity index (χ3n) is 3.19. The van der Waals surface area contributed by atoms with Crippen LogP contribution in [0.5, 0.6) is 11.5 Å². The molecule has 0 bridgehead atoms. The third-order valence-corrected chi connectivity index (χ3v) is 4.37. The van der Waals surface area contributed by atoms with Crippen molar-refractivity contribution in [2.24, 2.45) is 0 Å². The van der Waals surface area contributed by atoms with E-state index in [-0.39, 0.29) is 11.2 Å². The number of rotatable bonds is 7. The van der Waals surface area contributed by atoms with Crippen LogP contribution >= 0.6 is 11.8 Å². The lowest BCUT2D eigenvalue weighted by Gasteiger charge is -2.14. The van der Waals surface area contributed by atoms with E-state index in [0.717, 1.165) is 11.5 Å². The zero-order valence-electron chi connectivity index (χ0n) is 13.6. The summed E-state index contributed by atoms with van der Waals surface area (Å²) in [5.41, 5.74) is 1.41. The molecule has 0 saturated heterocycles. The number of hydrogen-bond acceptors (Lipinski definition) is 6. The molecule has 0 fully saturated rings. The van der Waals surface area contributed by atoms with Crippen LogP contribution in [0.3, 0.4) is 0 Å². The molecule has 7 heteroatoms. The van der Waals surface area contributed by atoms with Gasteiger partial charge in [0.1, 0.15) is 17.3 Å². The summed E-state index contributed by atoms with van der Waals surface area (Å²) in [6, 6.07) is 7.13. The van der Waals surface area contributed by atoms with Crippen molar-refractivity contribution in [2.45, 2.75) is 24.9 Å². The molecule has 1 amide bonds. The number of thioether (sulfide) groups is 1. The number of benzene rings is 1. The summed E-state index contributed by atoms with van der Waals surface area (Å²) >= 11 is 1.49. The van der Waals surface area contributed by atoms with Crippen LogP contribution < -0.4 is 14.8 Å². The van der Waals surface area contributed by atoms with Crippen molar-refractivity contribution in [3.8, 4) is 11.5 Å². The van der Waals surface area contributed by atoms with Gasteiger partial charge in [-0.25, -0.2) is 0 Å². The van der Waals surface area contributed by atoms with Gasteiger partial charge < -0.3 is 19.3 Å². The lowest BCUT2D eigenvalue weighted by Crippen LogP contribution is -2.23. The first-order valence-electron chi connectivity index (χ1n) is 7.10. The van der Waals surface area contributed by atoms with Gasteiger partial charge in [0.2, 0.25) is 5.91 Å². The van der Waals surface area contributed by atoms with E-state index in [1.807, 2.05) is 19.9 Å². The van der Waals surface area contributed by atoms with Gasteiger partial charge in [-0.1, -0.05) is 5.16 Å². The van der Waals surface area contributed by atoms with E-state index in [9.17, 15) is 4.79 Å². The molecule has 0 aliphatic carbocycles. The van der Waals surface area contributed by atoms with Crippen molar-refractivity contribution in [1.82, 2.24) is 5.16 Å². The quantitative estimate of drug-likeness (QED) is 0.836. The fourth-order valence-corrected chi connectivity index (χ4v) is 2.69. The van der Waals surface area contributed by atoms with Gasteiger partial charge in [0.15, 0.2) is 0 Å². The SMILES string of the molecule is COc1ccc(OC)c(NC(=O)C(C)SCc2cc(C)on2)c1. The number of nitrogens with one attached hydrogen (secondary N) is 1. The first-order valence-corrected chi connectivity index (χ1v) is 8.15. The second-order valence-corrected chi connectivity index (χ2v) is 6.27. The predicted molar refractivity (Wildman–Crippen MR) is 90.2 cm³/mol. The molecular formula is C16H20N2O4S. The minimum Gasteiger partial charge on any atom is -0.497 e. The molecule has 0 aliphatic rings. The maximum atomic E-state index is 12.3. The van der Waals surface area contributed by atoms with Crippen molar-refractivity contribution in [1.29, 1.82) is 0 Å². The summed E-state index contributed by atoms with van der Waals surface area (Å²) in [5.74, 6) is 2.50. The molecule has 2 aromatic rings. The van der Waals surface area contributed by atoms with Gasteiger partial charge in [0.25, 0.3) is 0 Å². The molecule has 0 radical (unpaired) electrons. The highest BCUT2D eigenvalue weighted by atomic mass is 32.2. The second kappa shape index (κ2) is 7.92. The number of aromatic nitrogens is 1. The fourth-order valence-electron chi connectivity index (χ4n) is 1.92. The summed E-state index contributed by atoms with van der Waals surface area (Å²) in [7, 11) is 3.13. The van der Waals surface area contributed by atoms with Crippen LogP contribution in [0.25, 0.3) is 0 Å². The largest absolute Gasteiger partial charge is 0.497 e. The molecule has 23 heavy (non-hydrogen) atoms. The minimum atomic E-state index is -0.247. The maximum absolute atomic E-state index is 12.3. The summed E-state index contributed by atoms with van der Waals surface area (Å²) in [5, 5.41) is 6.54. The lowest BCUT2D eigenvalue weighted by molar-refractivity contribution is -0.115. The molecule has 0 aliphatic heterocycles. The lowest BCUT2D eigenvalue weighted by atomic mass is 10.2. The average molecular weight is 336 g/mol. The van der Waals surface area contributed by atoms with Gasteiger partial charge in [-0.2, -0.15) is 0 Å². The van der Waals surface area contributed by atoms with E-state index < -0.39 is 0 Å². The minimum absolute atomic E-state index is 0.109. The molecule has 124 valence electrons. The Balaban J connectivity index is 1.97. The summed E-state index contributed by atoms with van der Waals surface area (Å²) < 4.78 is 15.4. The highest BCUT2D eigenvalue weighted by Gasteiger charge is 2.17. The van der Waals surface area contributed by atoms with Crippen LogP contribution in [-0.4, -0.2) is 30.5 Å². The zero-order valence-corrected chi connectivity index (χ0v) is 14.4. The fraction of sp³-hybridized carbons (Fsp3) is 0.375. The Bertz CT molecular complexity index is 672. The molecule has 1 aromatic carbocycles. The summed E-state index contributed by atoms with van der Waals surface area (Å²) in [4.78, 5) is 12.3. The Kier molecular flexibility index (Phi) is 5.92. The molecule has 1 unspecified atom stereocenters. The zero-order chi connectivity index (χ0) is 16.8. The highest BCUT2D eigenvalue weighted by molar-refractivity contribution is 7.99. The van der Waals surface area contributed by atoms with Gasteiger partial charge in [-0.05, 0) is 26.0 Å². The van der Waals surface area contributed by atoms with Gasteiger partial charge in [0, 0.05) is 17.9 Å². The molecule has 0 spiro atoms. The van der Waals surface area contributed by atoms with Crippen LogP contribution in [0.4, 0.5) is 5.69 Å². The summed E-state index contributed by atoms with van der Waals surface area (Å²) in [6.45, 7) is 3.69. The monoisotopic (exact) mass is 336 g/mol. The molecule has 1 atom stereocenters. The van der Waals surface area contributed by atoms with Crippen LogP contribution in [-0.2, 0) is 10.5 Å². The van der Waals surface area contributed by atoms with Crippen LogP contribution in [0.1, 0.15) is 18.4 Å². The summed E-state index contributed by atoms with van der Waals surface area (Å²) in [6.07, 6.45) is 0. The third kappa shape index (κ3) is 4.66. The molecule has 1 aromatic heterocycles. The number of hydrogen-bond donors (Lipinski definition) is 1. The number of aryl methyl sites for hydroxylation is 1. The van der Waals surface area contributed by atoms with Crippen molar-refractivity contribution < 1.29 is 18.8 Å². The first-order chi connectivity index (χ1) is 11.0. The Morgan fingerprint density at radius 2 is 2.13 bits per heavy atom. The van der Waals surface area contributed by atoms with Gasteiger partial charge in [-0.3, -0.25) is 4.79 Å². The molecule has 0 saturated carbocycles. The number of nitrogens with zero attached hydrogens (tertiary/aromatic N) is 1. The predicted octanol–water partition coefficient (Wildman–Crippen LogP) is 3.26. The van der Waals surface area contributed by atoms with Crippen molar-refractivity contribution in [2.75, 3.05) is 19.5 Å². The Hall–Kier alpha value is -2.15. The van der Waals surface area contributed by atoms with E-state index in [0.29, 0.717) is 22.9 Å². The number of carbonyl (C=O) groups is 1. The standard InChI is InChI=1S/C16H20N2O4S/c1-10-7-12(18-22-10)9-23-11(2)16(19)17-14-8-13(20-3)5-6-15(14)21-4/h5-8,11H,9H2,1-4H3,(H,17,19). The number of ether oxygens (including phenoxy) is 2. The highest BCUT2D eigenvalue weighted by Crippen LogP contribution is 2.29. The first kappa shape index (κ1) is 17.2. The van der Waals surface area contributed by atoms with Crippen LogP contribution in [0.15, 0.2) is 28.8 Å². The number of carbonyl (C=O) groups excluding carboxylic acids is 1. The van der Waals surface area contributed by atoms with E-state index in [2.05, 4.69) is 10.5 Å². The maximum Gasteiger partial charge on any atom is 0.237 e. The van der Waals surface area contributed by atoms with Gasteiger partial charge in [-0.15, -0.1) is 11.8 Å². The van der Waals surface area contributed by atoms with Gasteiger partial charge >= 0.3 is 0 Å². The second-order valence-electron chi connectivity index (χ2n) is 4.94. The average Bonchev–Trinajstić information content (AvgIpc) is 2.97.